The number of hydrogen-bond donors (Lipinski definition) is 0. The van der Waals surface area contributed by atoms with Gasteiger partial charge in [0.05, 0.1) is 22.2 Å². The molecule has 3 heterocycles. The number of para-hydroxylation sites is 1. The average Bonchev–Trinajstić information content (AvgIpc) is 3.37. The van der Waals surface area contributed by atoms with E-state index in [-0.39, 0.29) is 17.1 Å². The summed E-state index contributed by atoms with van der Waals surface area (Å²) in [4.78, 5) is 0.212. The van der Waals surface area contributed by atoms with E-state index in [1.54, 1.807) is 30.3 Å². The Hall–Kier alpha value is -2.63. The van der Waals surface area contributed by atoms with Gasteiger partial charge in [-0.15, -0.1) is 12.3 Å². The Morgan fingerprint density at radius 2 is 1.75 bits per heavy atom. The van der Waals surface area contributed by atoms with Crippen LogP contribution in [-0.2, 0) is 24.2 Å². The van der Waals surface area contributed by atoms with Gasteiger partial charge in [0.1, 0.15) is 18.3 Å². The van der Waals surface area contributed by atoms with E-state index < -0.39 is 28.0 Å². The molecule has 4 atom stereocenters. The summed E-state index contributed by atoms with van der Waals surface area (Å²) in [6, 6.07) is 16.1. The largest absolute Gasteiger partial charge is 0.362 e. The van der Waals surface area contributed by atoms with E-state index in [0.29, 0.717) is 17.6 Å². The molecule has 32 heavy (non-hydrogen) atoms. The summed E-state index contributed by atoms with van der Waals surface area (Å²) >= 11 is 0. The molecular weight excluding hydrogens is 426 g/mol. The third kappa shape index (κ3) is 3.35. The van der Waals surface area contributed by atoms with Crippen molar-refractivity contribution in [2.75, 3.05) is 0 Å². The molecule has 0 N–H and O–H groups in total. The molecule has 166 valence electrons. The molecule has 6 nitrogen and oxygen atoms in total. The molecule has 0 amide bonds. The van der Waals surface area contributed by atoms with Gasteiger partial charge in [-0.3, -0.25) is 0 Å². The van der Waals surface area contributed by atoms with Crippen molar-refractivity contribution in [1.29, 1.82) is 0 Å². The molecule has 0 spiro atoms. The summed E-state index contributed by atoms with van der Waals surface area (Å²) in [6.45, 7) is 5.60. The molecule has 0 saturated carbocycles. The van der Waals surface area contributed by atoms with Gasteiger partial charge in [-0.25, -0.2) is 12.4 Å². The highest BCUT2D eigenvalue weighted by Crippen LogP contribution is 2.47. The molecule has 0 aliphatic carbocycles. The number of rotatable bonds is 4. The minimum Gasteiger partial charge on any atom is -0.362 e. The number of hydrogen-bond acceptors (Lipinski definition) is 5. The molecule has 1 aromatic heterocycles. The van der Waals surface area contributed by atoms with Crippen LogP contribution in [0.1, 0.15) is 37.6 Å². The zero-order valence-electron chi connectivity index (χ0n) is 18.2. The second-order valence-corrected chi connectivity index (χ2v) is 10.6. The fourth-order valence-corrected chi connectivity index (χ4v) is 6.18. The molecule has 0 bridgehead atoms. The highest BCUT2D eigenvalue weighted by Gasteiger charge is 2.56. The number of terminal acetylenes is 1. The lowest BCUT2D eigenvalue weighted by Crippen LogP contribution is -2.29. The molecule has 2 aliphatic rings. The minimum absolute atomic E-state index is 0.212. The second-order valence-electron chi connectivity index (χ2n) is 8.78. The zero-order valence-corrected chi connectivity index (χ0v) is 19.0. The fraction of sp³-hybridized carbons (Fsp3) is 0.360. The van der Waals surface area contributed by atoms with Gasteiger partial charge in [0.15, 0.2) is 5.79 Å². The monoisotopic (exact) mass is 451 g/mol. The number of benzene rings is 2. The molecule has 0 radical (unpaired) electrons. The van der Waals surface area contributed by atoms with Crippen molar-refractivity contribution in [3.8, 4) is 12.3 Å². The number of nitrogens with zero attached hydrogens (tertiary/aromatic N) is 1. The summed E-state index contributed by atoms with van der Waals surface area (Å²) in [6.07, 6.45) is 4.04. The average molecular weight is 452 g/mol. The maximum Gasteiger partial charge on any atom is 0.268 e. The van der Waals surface area contributed by atoms with Gasteiger partial charge in [0.2, 0.25) is 0 Å². The Kier molecular flexibility index (Phi) is 4.95. The van der Waals surface area contributed by atoms with Gasteiger partial charge in [-0.2, -0.15) is 0 Å². The highest BCUT2D eigenvalue weighted by molar-refractivity contribution is 7.90. The Labute approximate surface area is 188 Å². The third-order valence-electron chi connectivity index (χ3n) is 6.01. The summed E-state index contributed by atoms with van der Waals surface area (Å²) in [5.74, 6) is 1.83. The van der Waals surface area contributed by atoms with Crippen LogP contribution in [0.3, 0.4) is 0 Å². The van der Waals surface area contributed by atoms with E-state index in [1.165, 1.54) is 3.97 Å². The van der Waals surface area contributed by atoms with Crippen molar-refractivity contribution in [2.45, 2.75) is 62.3 Å². The molecule has 7 heteroatoms. The van der Waals surface area contributed by atoms with Crippen molar-refractivity contribution in [3.05, 3.63) is 65.9 Å². The van der Waals surface area contributed by atoms with E-state index in [0.717, 1.165) is 10.9 Å². The number of fused-ring (bicyclic) bond motifs is 2. The Balaban J connectivity index is 1.69. The van der Waals surface area contributed by atoms with E-state index in [4.69, 9.17) is 20.6 Å². The van der Waals surface area contributed by atoms with Crippen molar-refractivity contribution < 1.29 is 22.6 Å². The predicted molar refractivity (Wildman–Crippen MR) is 121 cm³/mol. The van der Waals surface area contributed by atoms with Crippen LogP contribution in [0.2, 0.25) is 0 Å². The first-order valence-electron chi connectivity index (χ1n) is 10.6. The highest BCUT2D eigenvalue weighted by atomic mass is 32.2. The first-order valence-corrected chi connectivity index (χ1v) is 12.0. The normalized spacial score (nSPS) is 26.8. The third-order valence-corrected chi connectivity index (χ3v) is 7.77. The topological polar surface area (TPSA) is 66.8 Å². The molecule has 2 aliphatic heterocycles. The van der Waals surface area contributed by atoms with Crippen LogP contribution in [0.15, 0.2) is 59.5 Å². The Morgan fingerprint density at radius 1 is 1.06 bits per heavy atom. The summed E-state index contributed by atoms with van der Waals surface area (Å²) < 4.78 is 47.6. The first kappa shape index (κ1) is 21.2. The van der Waals surface area contributed by atoms with Crippen LogP contribution in [-0.4, -0.2) is 36.5 Å². The lowest BCUT2D eigenvalue weighted by molar-refractivity contribution is -0.187. The van der Waals surface area contributed by atoms with Crippen LogP contribution in [0.25, 0.3) is 10.9 Å². The van der Waals surface area contributed by atoms with Crippen molar-refractivity contribution in [2.24, 2.45) is 0 Å². The van der Waals surface area contributed by atoms with Gasteiger partial charge in [-0.1, -0.05) is 35.9 Å². The van der Waals surface area contributed by atoms with Gasteiger partial charge < -0.3 is 14.2 Å². The van der Waals surface area contributed by atoms with Crippen molar-refractivity contribution in [3.63, 3.8) is 0 Å². The van der Waals surface area contributed by atoms with Crippen LogP contribution in [0.4, 0.5) is 0 Å². The fourth-order valence-electron chi connectivity index (χ4n) is 4.63. The summed E-state index contributed by atoms with van der Waals surface area (Å²) in [7, 11) is -3.89. The summed E-state index contributed by atoms with van der Waals surface area (Å²) in [5, 5.41) is 0.803. The molecule has 2 fully saturated rings. The van der Waals surface area contributed by atoms with Crippen LogP contribution < -0.4 is 0 Å². The van der Waals surface area contributed by atoms with E-state index in [2.05, 4.69) is 5.92 Å². The summed E-state index contributed by atoms with van der Waals surface area (Å²) in [5.41, 5.74) is 2.07. The van der Waals surface area contributed by atoms with Crippen molar-refractivity contribution >= 4 is 20.9 Å². The molecule has 0 unspecified atom stereocenters. The van der Waals surface area contributed by atoms with E-state index >= 15 is 0 Å². The number of ether oxygens (including phenoxy) is 3. The minimum atomic E-state index is -3.89. The SMILES string of the molecule is C#CC[C@H]1O[C@H](c2cc3ccccc3n2S(=O)(=O)c2ccc(C)cc2)[C@H]2OC(C)(C)O[C@H]21. The second kappa shape index (κ2) is 7.46. The molecule has 5 rings (SSSR count). The Bertz CT molecular complexity index is 1320. The van der Waals surface area contributed by atoms with E-state index in [1.807, 2.05) is 45.0 Å². The maximum absolute atomic E-state index is 13.8. The lowest BCUT2D eigenvalue weighted by atomic mass is 10.0. The van der Waals surface area contributed by atoms with Crippen molar-refractivity contribution in [1.82, 2.24) is 3.97 Å². The van der Waals surface area contributed by atoms with Crippen LogP contribution >= 0.6 is 0 Å². The van der Waals surface area contributed by atoms with Gasteiger partial charge in [0, 0.05) is 11.8 Å². The first-order chi connectivity index (χ1) is 15.2. The zero-order chi connectivity index (χ0) is 22.7. The molecule has 3 aromatic rings. The standard InChI is InChI=1S/C25H25NO5S/c1-5-8-21-23-24(31-25(3,4)30-23)22(29-21)20-15-17-9-6-7-10-19(17)26(20)32(27,28)18-13-11-16(2)12-14-18/h1,6-7,9-15,21-24H,8H2,2-4H3/t21-,22-,23+,24-/m1/s1. The molecular formula is C25H25NO5S. The lowest BCUT2D eigenvalue weighted by Gasteiger charge is -2.24. The predicted octanol–water partition coefficient (Wildman–Crippen LogP) is 4.17. The molecule has 2 aromatic carbocycles. The van der Waals surface area contributed by atoms with Crippen LogP contribution in [0, 0.1) is 19.3 Å². The Morgan fingerprint density at radius 3 is 2.47 bits per heavy atom. The van der Waals surface area contributed by atoms with Gasteiger partial charge in [-0.05, 0) is 45.0 Å². The maximum atomic E-state index is 13.8. The van der Waals surface area contributed by atoms with Gasteiger partial charge in [0.25, 0.3) is 10.0 Å². The number of aromatic nitrogens is 1. The van der Waals surface area contributed by atoms with E-state index in [9.17, 15) is 8.42 Å². The quantitative estimate of drug-likeness (QED) is 0.557. The number of aryl methyl sites for hydroxylation is 1. The smallest absolute Gasteiger partial charge is 0.268 e. The molecule has 2 saturated heterocycles. The van der Waals surface area contributed by atoms with Gasteiger partial charge >= 0.3 is 0 Å². The van der Waals surface area contributed by atoms with Crippen LogP contribution in [0.5, 0.6) is 0 Å².